The van der Waals surface area contributed by atoms with E-state index in [1.54, 1.807) is 11.3 Å². The Kier molecular flexibility index (Phi) is 5.98. The highest BCUT2D eigenvalue weighted by Crippen LogP contribution is 2.17. The van der Waals surface area contributed by atoms with Crippen molar-refractivity contribution in [2.75, 3.05) is 19.6 Å². The largest absolute Gasteiger partial charge is 0.347 e. The van der Waals surface area contributed by atoms with Crippen LogP contribution in [0.25, 0.3) is 0 Å². The number of nitrogens with zero attached hydrogens (tertiary/aromatic N) is 2. The third-order valence-electron chi connectivity index (χ3n) is 3.71. The summed E-state index contributed by atoms with van der Waals surface area (Å²) in [6.07, 6.45) is 5.56. The molecular formula is C15H25N3OS. The van der Waals surface area contributed by atoms with Crippen molar-refractivity contribution in [2.45, 2.75) is 52.0 Å². The predicted octanol–water partition coefficient (Wildman–Crippen LogP) is 2.89. The molecule has 1 aliphatic rings. The third kappa shape index (κ3) is 4.87. The molecule has 1 amide bonds. The van der Waals surface area contributed by atoms with Gasteiger partial charge in [0.25, 0.3) is 0 Å². The number of hydrogen-bond acceptors (Lipinski definition) is 4. The molecule has 0 bridgehead atoms. The Morgan fingerprint density at radius 2 is 2.20 bits per heavy atom. The van der Waals surface area contributed by atoms with E-state index in [-0.39, 0.29) is 11.9 Å². The molecule has 1 fully saturated rings. The number of rotatable bonds is 6. The van der Waals surface area contributed by atoms with E-state index in [9.17, 15) is 4.79 Å². The van der Waals surface area contributed by atoms with E-state index >= 15 is 0 Å². The standard InChI is InChI=1S/C15H25N3OS/c1-12-11-20-15(16-12)13(2)17-14(19)7-6-10-18-8-4-3-5-9-18/h11,13H,3-10H2,1-2H3,(H,17,19)/t13-/m1/s1. The summed E-state index contributed by atoms with van der Waals surface area (Å²) in [6.45, 7) is 7.44. The van der Waals surface area contributed by atoms with E-state index < -0.39 is 0 Å². The summed E-state index contributed by atoms with van der Waals surface area (Å²) in [5.41, 5.74) is 1.02. The molecule has 5 heteroatoms. The van der Waals surface area contributed by atoms with Gasteiger partial charge in [-0.2, -0.15) is 0 Å². The SMILES string of the molecule is Cc1csc([C@@H](C)NC(=O)CCCN2CCCCC2)n1. The summed E-state index contributed by atoms with van der Waals surface area (Å²) >= 11 is 1.61. The fraction of sp³-hybridized carbons (Fsp3) is 0.733. The van der Waals surface area contributed by atoms with Gasteiger partial charge >= 0.3 is 0 Å². The molecule has 0 aromatic carbocycles. The Labute approximate surface area is 125 Å². The van der Waals surface area contributed by atoms with Crippen LogP contribution in [0.2, 0.25) is 0 Å². The fourth-order valence-corrected chi connectivity index (χ4v) is 3.40. The average molecular weight is 295 g/mol. The number of thiazole rings is 1. The van der Waals surface area contributed by atoms with Crippen LogP contribution in [-0.4, -0.2) is 35.4 Å². The second-order valence-corrected chi connectivity index (χ2v) is 6.51. The van der Waals surface area contributed by atoms with E-state index in [4.69, 9.17) is 0 Å². The van der Waals surface area contributed by atoms with Crippen LogP contribution in [0.5, 0.6) is 0 Å². The molecule has 1 atom stereocenters. The van der Waals surface area contributed by atoms with E-state index in [0.717, 1.165) is 23.7 Å². The highest BCUT2D eigenvalue weighted by molar-refractivity contribution is 7.09. The summed E-state index contributed by atoms with van der Waals surface area (Å²) < 4.78 is 0. The maximum absolute atomic E-state index is 11.9. The molecule has 0 radical (unpaired) electrons. The first-order valence-electron chi connectivity index (χ1n) is 7.59. The molecule has 2 heterocycles. The van der Waals surface area contributed by atoms with Crippen molar-refractivity contribution in [3.63, 3.8) is 0 Å². The molecule has 0 spiro atoms. The average Bonchev–Trinajstić information content (AvgIpc) is 2.87. The molecule has 112 valence electrons. The minimum Gasteiger partial charge on any atom is -0.347 e. The second-order valence-electron chi connectivity index (χ2n) is 5.62. The van der Waals surface area contributed by atoms with Gasteiger partial charge in [-0.1, -0.05) is 6.42 Å². The number of nitrogens with one attached hydrogen (secondary N) is 1. The molecule has 1 aliphatic heterocycles. The first kappa shape index (κ1) is 15.4. The Balaban J connectivity index is 1.64. The van der Waals surface area contributed by atoms with Crippen molar-refractivity contribution in [2.24, 2.45) is 0 Å². The summed E-state index contributed by atoms with van der Waals surface area (Å²) in [7, 11) is 0. The van der Waals surface area contributed by atoms with Crippen LogP contribution in [0, 0.1) is 6.92 Å². The van der Waals surface area contributed by atoms with Crippen molar-refractivity contribution in [3.8, 4) is 0 Å². The molecule has 0 saturated carbocycles. The minimum atomic E-state index is 0.0242. The number of aryl methyl sites for hydroxylation is 1. The number of aromatic nitrogens is 1. The number of piperidine rings is 1. The van der Waals surface area contributed by atoms with Crippen LogP contribution < -0.4 is 5.32 Å². The molecule has 20 heavy (non-hydrogen) atoms. The maximum atomic E-state index is 11.9. The molecule has 1 N–H and O–H groups in total. The molecule has 2 rings (SSSR count). The van der Waals surface area contributed by atoms with Gasteiger partial charge in [-0.3, -0.25) is 4.79 Å². The van der Waals surface area contributed by atoms with Crippen molar-refractivity contribution < 1.29 is 4.79 Å². The minimum absolute atomic E-state index is 0.0242. The van der Waals surface area contributed by atoms with Gasteiger partial charge in [0.05, 0.1) is 6.04 Å². The van der Waals surface area contributed by atoms with Gasteiger partial charge in [-0.05, 0) is 52.7 Å². The first-order valence-corrected chi connectivity index (χ1v) is 8.47. The topological polar surface area (TPSA) is 45.2 Å². The lowest BCUT2D eigenvalue weighted by atomic mass is 10.1. The second kappa shape index (κ2) is 7.74. The van der Waals surface area contributed by atoms with Crippen LogP contribution >= 0.6 is 11.3 Å². The van der Waals surface area contributed by atoms with Gasteiger partial charge in [0.15, 0.2) is 0 Å². The zero-order valence-electron chi connectivity index (χ0n) is 12.5. The van der Waals surface area contributed by atoms with Crippen molar-refractivity contribution >= 4 is 17.2 Å². The Bertz CT molecular complexity index is 427. The summed E-state index contributed by atoms with van der Waals surface area (Å²) in [4.78, 5) is 18.8. The predicted molar refractivity (Wildman–Crippen MR) is 82.9 cm³/mol. The third-order valence-corrected chi connectivity index (χ3v) is 4.86. The Morgan fingerprint density at radius 3 is 2.85 bits per heavy atom. The van der Waals surface area contributed by atoms with Gasteiger partial charge in [-0.25, -0.2) is 4.98 Å². The molecule has 1 aromatic rings. The highest BCUT2D eigenvalue weighted by atomic mass is 32.1. The zero-order valence-corrected chi connectivity index (χ0v) is 13.3. The summed E-state index contributed by atoms with van der Waals surface area (Å²) in [5, 5.41) is 6.05. The molecule has 1 saturated heterocycles. The van der Waals surface area contributed by atoms with E-state index in [1.807, 2.05) is 19.2 Å². The van der Waals surface area contributed by atoms with Gasteiger partial charge < -0.3 is 10.2 Å². The van der Waals surface area contributed by atoms with Gasteiger partial charge in [0.1, 0.15) is 5.01 Å². The molecule has 0 unspecified atom stereocenters. The van der Waals surface area contributed by atoms with Crippen molar-refractivity contribution in [1.82, 2.24) is 15.2 Å². The molecule has 0 aliphatic carbocycles. The van der Waals surface area contributed by atoms with E-state index in [0.29, 0.717) is 6.42 Å². The van der Waals surface area contributed by atoms with E-state index in [2.05, 4.69) is 15.2 Å². The normalized spacial score (nSPS) is 17.9. The van der Waals surface area contributed by atoms with Gasteiger partial charge in [0, 0.05) is 17.5 Å². The lowest BCUT2D eigenvalue weighted by Crippen LogP contribution is -2.32. The Hall–Kier alpha value is -0.940. The van der Waals surface area contributed by atoms with Gasteiger partial charge in [0.2, 0.25) is 5.91 Å². The number of hydrogen-bond donors (Lipinski definition) is 1. The number of likely N-dealkylation sites (tertiary alicyclic amines) is 1. The Morgan fingerprint density at radius 1 is 1.45 bits per heavy atom. The summed E-state index contributed by atoms with van der Waals surface area (Å²) in [5.74, 6) is 0.141. The van der Waals surface area contributed by atoms with E-state index in [1.165, 1.54) is 32.4 Å². The van der Waals surface area contributed by atoms with Crippen LogP contribution in [0.4, 0.5) is 0 Å². The number of amides is 1. The fourth-order valence-electron chi connectivity index (χ4n) is 2.59. The maximum Gasteiger partial charge on any atom is 0.220 e. The van der Waals surface area contributed by atoms with Crippen LogP contribution in [0.1, 0.15) is 55.8 Å². The highest BCUT2D eigenvalue weighted by Gasteiger charge is 2.14. The quantitative estimate of drug-likeness (QED) is 0.877. The molecule has 4 nitrogen and oxygen atoms in total. The lowest BCUT2D eigenvalue weighted by molar-refractivity contribution is -0.121. The van der Waals surface area contributed by atoms with Crippen molar-refractivity contribution in [3.05, 3.63) is 16.1 Å². The summed E-state index contributed by atoms with van der Waals surface area (Å²) in [6, 6.07) is 0.0242. The lowest BCUT2D eigenvalue weighted by Gasteiger charge is -2.26. The monoisotopic (exact) mass is 295 g/mol. The zero-order chi connectivity index (χ0) is 14.4. The van der Waals surface area contributed by atoms with Crippen molar-refractivity contribution in [1.29, 1.82) is 0 Å². The van der Waals surface area contributed by atoms with Crippen LogP contribution in [-0.2, 0) is 4.79 Å². The smallest absolute Gasteiger partial charge is 0.220 e. The number of carbonyl (C=O) groups is 1. The number of carbonyl (C=O) groups excluding carboxylic acids is 1. The van der Waals surface area contributed by atoms with Crippen LogP contribution in [0.15, 0.2) is 5.38 Å². The first-order chi connectivity index (χ1) is 9.65. The van der Waals surface area contributed by atoms with Crippen LogP contribution in [0.3, 0.4) is 0 Å². The van der Waals surface area contributed by atoms with Gasteiger partial charge in [-0.15, -0.1) is 11.3 Å². The molecule has 1 aromatic heterocycles. The molecular weight excluding hydrogens is 270 g/mol.